The zero-order valence-corrected chi connectivity index (χ0v) is 11.6. The zero-order valence-electron chi connectivity index (χ0n) is 11.6. The van der Waals surface area contributed by atoms with Gasteiger partial charge in [-0.25, -0.2) is 0 Å². The van der Waals surface area contributed by atoms with Crippen molar-refractivity contribution in [2.45, 2.75) is 50.7 Å². The minimum absolute atomic E-state index is 0.152. The Labute approximate surface area is 114 Å². The minimum atomic E-state index is -0.271. The summed E-state index contributed by atoms with van der Waals surface area (Å²) in [4.78, 5) is 15.5. The molecule has 0 aromatic heterocycles. The second-order valence-corrected chi connectivity index (χ2v) is 8.13. The third-order valence-electron chi connectivity index (χ3n) is 7.49. The van der Waals surface area contributed by atoms with Crippen LogP contribution in [0.25, 0.3) is 0 Å². The summed E-state index contributed by atoms with van der Waals surface area (Å²) in [5, 5.41) is 10.2. The van der Waals surface area contributed by atoms with E-state index in [2.05, 4.69) is 11.8 Å². The van der Waals surface area contributed by atoms with Crippen LogP contribution in [0.3, 0.4) is 0 Å². The number of hydrogen-bond donors (Lipinski definition) is 1. The molecule has 1 spiro atoms. The predicted molar refractivity (Wildman–Crippen MR) is 70.5 cm³/mol. The fraction of sp³-hybridized carbons (Fsp3) is 0.938. The van der Waals surface area contributed by atoms with Crippen LogP contribution in [0.4, 0.5) is 0 Å². The van der Waals surface area contributed by atoms with Gasteiger partial charge in [0, 0.05) is 25.0 Å². The van der Waals surface area contributed by atoms with Crippen LogP contribution in [-0.4, -0.2) is 40.5 Å². The largest absolute Gasteiger partial charge is 0.392 e. The molecule has 8 atom stereocenters. The minimum Gasteiger partial charge on any atom is -0.392 e. The number of piperidine rings is 2. The van der Waals surface area contributed by atoms with Crippen LogP contribution >= 0.6 is 0 Å². The maximum Gasteiger partial charge on any atom is 0.141 e. The summed E-state index contributed by atoms with van der Waals surface area (Å²) in [7, 11) is 0. The van der Waals surface area contributed by atoms with Crippen molar-refractivity contribution in [2.75, 3.05) is 13.1 Å². The van der Waals surface area contributed by atoms with E-state index in [0.717, 1.165) is 37.8 Å². The Morgan fingerprint density at radius 3 is 2.95 bits per heavy atom. The van der Waals surface area contributed by atoms with Gasteiger partial charge in [-0.3, -0.25) is 9.69 Å². The van der Waals surface area contributed by atoms with E-state index in [9.17, 15) is 9.90 Å². The number of aliphatic hydroxyl groups is 1. The summed E-state index contributed by atoms with van der Waals surface area (Å²) in [5.74, 6) is 3.23. The highest BCUT2D eigenvalue weighted by Gasteiger charge is 2.80. The van der Waals surface area contributed by atoms with Gasteiger partial charge < -0.3 is 5.11 Å². The molecule has 0 aromatic carbocycles. The smallest absolute Gasteiger partial charge is 0.141 e. The maximum atomic E-state index is 13.0. The molecular weight excluding hydrogens is 238 g/mol. The predicted octanol–water partition coefficient (Wildman–Crippen LogP) is 1.45. The standard InChI is InChI=1S/C16H23NO2/c1-9-2-10-3-14(19)15-6-12(18)8-17-7-11(15)4-13(10)16(15,17)5-9/h9-13,18H,2-8H2,1H3/t9?,10?,11-,12?,13?,15?,16-/m1/s1. The third-order valence-corrected chi connectivity index (χ3v) is 7.49. The van der Waals surface area contributed by atoms with E-state index in [-0.39, 0.29) is 17.1 Å². The summed E-state index contributed by atoms with van der Waals surface area (Å²) in [6.07, 6.45) is 5.05. The molecule has 5 rings (SSSR count). The molecule has 6 bridgehead atoms. The topological polar surface area (TPSA) is 40.5 Å². The Kier molecular flexibility index (Phi) is 1.83. The SMILES string of the molecule is CC1CC2CC(=O)C34CC(O)CN5C[C@H]3CC2[C@@]54C1. The molecule has 0 aromatic rings. The van der Waals surface area contributed by atoms with E-state index >= 15 is 0 Å². The van der Waals surface area contributed by atoms with E-state index in [1.807, 2.05) is 0 Å². The molecule has 5 fully saturated rings. The molecule has 19 heavy (non-hydrogen) atoms. The van der Waals surface area contributed by atoms with Crippen molar-refractivity contribution in [3.05, 3.63) is 0 Å². The summed E-state index contributed by atoms with van der Waals surface area (Å²) in [6.45, 7) is 4.28. The molecule has 3 nitrogen and oxygen atoms in total. The molecular formula is C16H23NO2. The number of carbonyl (C=O) groups excluding carboxylic acids is 1. The summed E-state index contributed by atoms with van der Waals surface area (Å²) in [5.41, 5.74) is 0.00900. The number of nitrogens with zero attached hydrogens (tertiary/aromatic N) is 1. The number of ketones is 1. The monoisotopic (exact) mass is 261 g/mol. The van der Waals surface area contributed by atoms with Gasteiger partial charge in [0.15, 0.2) is 0 Å². The molecule has 3 saturated carbocycles. The first kappa shape index (κ1) is 11.3. The maximum absolute atomic E-state index is 13.0. The molecule has 2 saturated heterocycles. The van der Waals surface area contributed by atoms with Gasteiger partial charge in [0.25, 0.3) is 0 Å². The number of hydrogen-bond acceptors (Lipinski definition) is 3. The Balaban J connectivity index is 1.76. The van der Waals surface area contributed by atoms with Crippen LogP contribution in [0.1, 0.15) is 39.0 Å². The second-order valence-electron chi connectivity index (χ2n) is 8.13. The highest BCUT2D eigenvalue weighted by molar-refractivity contribution is 5.90. The van der Waals surface area contributed by atoms with E-state index in [1.54, 1.807) is 0 Å². The van der Waals surface area contributed by atoms with Crippen molar-refractivity contribution in [2.24, 2.45) is 29.1 Å². The Morgan fingerprint density at radius 1 is 1.26 bits per heavy atom. The number of rotatable bonds is 0. The van der Waals surface area contributed by atoms with Crippen LogP contribution < -0.4 is 0 Å². The molecule has 6 unspecified atom stereocenters. The normalized spacial score (nSPS) is 65.5. The molecule has 0 amide bonds. The van der Waals surface area contributed by atoms with Crippen LogP contribution in [0.2, 0.25) is 0 Å². The molecule has 3 heteroatoms. The average molecular weight is 261 g/mol. The van der Waals surface area contributed by atoms with Crippen molar-refractivity contribution in [3.8, 4) is 0 Å². The average Bonchev–Trinajstić information content (AvgIpc) is 2.62. The molecule has 0 radical (unpaired) electrons. The molecule has 5 aliphatic rings. The first-order valence-electron chi connectivity index (χ1n) is 8.04. The Bertz CT molecular complexity index is 477. The quantitative estimate of drug-likeness (QED) is 0.717. The van der Waals surface area contributed by atoms with Crippen molar-refractivity contribution < 1.29 is 9.90 Å². The Morgan fingerprint density at radius 2 is 2.11 bits per heavy atom. The van der Waals surface area contributed by atoms with E-state index in [4.69, 9.17) is 0 Å². The third kappa shape index (κ3) is 0.964. The number of carbonyl (C=O) groups is 1. The van der Waals surface area contributed by atoms with Gasteiger partial charge in [-0.1, -0.05) is 6.92 Å². The van der Waals surface area contributed by atoms with E-state index in [1.165, 1.54) is 19.3 Å². The van der Waals surface area contributed by atoms with Crippen molar-refractivity contribution >= 4 is 5.78 Å². The van der Waals surface area contributed by atoms with E-state index < -0.39 is 0 Å². The molecule has 3 aliphatic carbocycles. The first-order chi connectivity index (χ1) is 9.08. The lowest BCUT2D eigenvalue weighted by Crippen LogP contribution is -2.70. The Hall–Kier alpha value is -0.410. The molecule has 2 heterocycles. The summed E-state index contributed by atoms with van der Waals surface area (Å²) in [6, 6.07) is 0. The van der Waals surface area contributed by atoms with Crippen molar-refractivity contribution in [1.82, 2.24) is 4.90 Å². The molecule has 104 valence electrons. The fourth-order valence-electron chi connectivity index (χ4n) is 7.40. The summed E-state index contributed by atoms with van der Waals surface area (Å²) < 4.78 is 0. The van der Waals surface area contributed by atoms with Crippen LogP contribution in [0, 0.1) is 29.1 Å². The highest BCUT2D eigenvalue weighted by Crippen LogP contribution is 2.74. The lowest BCUT2D eigenvalue weighted by molar-refractivity contribution is -0.170. The van der Waals surface area contributed by atoms with Crippen molar-refractivity contribution in [1.29, 1.82) is 0 Å². The fourth-order valence-corrected chi connectivity index (χ4v) is 7.40. The van der Waals surface area contributed by atoms with Gasteiger partial charge >= 0.3 is 0 Å². The number of β-amino-alcohol motifs (C(OH)–C–C–N with tert-alkyl or cyclic N) is 1. The van der Waals surface area contributed by atoms with Gasteiger partial charge in [0.1, 0.15) is 5.78 Å². The van der Waals surface area contributed by atoms with Gasteiger partial charge in [0.2, 0.25) is 0 Å². The number of aliphatic hydroxyl groups excluding tert-OH is 1. The number of Topliss-reactive ketones (excluding diaryl/α,β-unsaturated/α-hetero) is 1. The van der Waals surface area contributed by atoms with Gasteiger partial charge in [-0.15, -0.1) is 0 Å². The molecule has 1 N–H and O–H groups in total. The van der Waals surface area contributed by atoms with E-state index in [0.29, 0.717) is 17.6 Å². The van der Waals surface area contributed by atoms with Crippen LogP contribution in [0.15, 0.2) is 0 Å². The summed E-state index contributed by atoms with van der Waals surface area (Å²) >= 11 is 0. The lowest BCUT2D eigenvalue weighted by atomic mass is 9.48. The first-order valence-corrected chi connectivity index (χ1v) is 8.04. The second kappa shape index (κ2) is 3.09. The van der Waals surface area contributed by atoms with Crippen LogP contribution in [-0.2, 0) is 4.79 Å². The zero-order chi connectivity index (χ0) is 13.0. The van der Waals surface area contributed by atoms with Crippen LogP contribution in [0.5, 0.6) is 0 Å². The van der Waals surface area contributed by atoms with Gasteiger partial charge in [0.05, 0.1) is 11.5 Å². The van der Waals surface area contributed by atoms with Gasteiger partial charge in [-0.05, 0) is 49.4 Å². The van der Waals surface area contributed by atoms with Crippen molar-refractivity contribution in [3.63, 3.8) is 0 Å². The molecule has 2 aliphatic heterocycles. The highest BCUT2D eigenvalue weighted by atomic mass is 16.3. The lowest BCUT2D eigenvalue weighted by Gasteiger charge is -2.62. The van der Waals surface area contributed by atoms with Gasteiger partial charge in [-0.2, -0.15) is 0 Å².